The van der Waals surface area contributed by atoms with Gasteiger partial charge in [-0.3, -0.25) is 24.1 Å². The quantitative estimate of drug-likeness (QED) is 0.302. The zero-order valence-corrected chi connectivity index (χ0v) is 23.9. The number of benzene rings is 3. The second-order valence-corrected chi connectivity index (χ2v) is 10.8. The van der Waals surface area contributed by atoms with E-state index in [1.807, 2.05) is 44.2 Å². The van der Waals surface area contributed by atoms with Crippen molar-refractivity contribution in [1.29, 1.82) is 0 Å². The maximum Gasteiger partial charge on any atom is 0.261 e. The van der Waals surface area contributed by atoms with Crippen molar-refractivity contribution >= 4 is 46.8 Å². The van der Waals surface area contributed by atoms with Gasteiger partial charge >= 0.3 is 0 Å². The van der Waals surface area contributed by atoms with Crippen LogP contribution in [0.15, 0.2) is 72.8 Å². The van der Waals surface area contributed by atoms with Gasteiger partial charge in [0.25, 0.3) is 11.8 Å². The third-order valence-electron chi connectivity index (χ3n) is 6.74. The van der Waals surface area contributed by atoms with E-state index in [0.717, 1.165) is 5.56 Å². The molecule has 1 N–H and O–H groups in total. The van der Waals surface area contributed by atoms with E-state index in [4.69, 9.17) is 23.2 Å². The van der Waals surface area contributed by atoms with Gasteiger partial charge in [0, 0.05) is 47.6 Å². The lowest BCUT2D eigenvalue weighted by Gasteiger charge is -2.32. The molecule has 40 heavy (non-hydrogen) atoms. The van der Waals surface area contributed by atoms with Crippen LogP contribution in [0.5, 0.6) is 0 Å². The lowest BCUT2D eigenvalue weighted by Crippen LogP contribution is -2.52. The molecule has 0 unspecified atom stereocenters. The molecule has 1 aliphatic heterocycles. The summed E-state index contributed by atoms with van der Waals surface area (Å²) < 4.78 is 0. The monoisotopic (exact) mass is 579 g/mol. The maximum atomic E-state index is 13.8. The molecule has 0 fully saturated rings. The summed E-state index contributed by atoms with van der Waals surface area (Å²) in [6.07, 6.45) is 0.530. The number of nitrogens with one attached hydrogen (secondary N) is 1. The van der Waals surface area contributed by atoms with Crippen LogP contribution in [0.3, 0.4) is 0 Å². The predicted octanol–water partition coefficient (Wildman–Crippen LogP) is 5.53. The van der Waals surface area contributed by atoms with E-state index in [1.165, 1.54) is 9.80 Å². The van der Waals surface area contributed by atoms with Crippen LogP contribution in [0, 0.1) is 0 Å². The van der Waals surface area contributed by atoms with Crippen LogP contribution in [0.25, 0.3) is 0 Å². The third-order valence-corrected chi connectivity index (χ3v) is 7.45. The first-order valence-electron chi connectivity index (χ1n) is 13.2. The van der Waals surface area contributed by atoms with Gasteiger partial charge in [-0.05, 0) is 50.1 Å². The summed E-state index contributed by atoms with van der Waals surface area (Å²) in [6.45, 7) is 3.82. The smallest absolute Gasteiger partial charge is 0.261 e. The Balaban J connectivity index is 1.58. The molecule has 208 valence electrons. The number of hydrogen-bond acceptors (Lipinski definition) is 4. The van der Waals surface area contributed by atoms with Crippen molar-refractivity contribution in [3.63, 3.8) is 0 Å². The van der Waals surface area contributed by atoms with E-state index in [9.17, 15) is 19.2 Å². The molecule has 0 spiro atoms. The van der Waals surface area contributed by atoms with Gasteiger partial charge in [-0.1, -0.05) is 71.7 Å². The molecule has 0 aliphatic carbocycles. The van der Waals surface area contributed by atoms with Gasteiger partial charge in [-0.25, -0.2) is 0 Å². The Kier molecular flexibility index (Phi) is 9.61. The highest BCUT2D eigenvalue weighted by Gasteiger charge is 2.35. The van der Waals surface area contributed by atoms with Gasteiger partial charge in [-0.15, -0.1) is 0 Å². The molecule has 1 aliphatic rings. The van der Waals surface area contributed by atoms with E-state index in [1.54, 1.807) is 42.5 Å². The number of rotatable bonds is 11. The first-order chi connectivity index (χ1) is 19.2. The Hall–Kier alpha value is -3.68. The summed E-state index contributed by atoms with van der Waals surface area (Å²) in [5.41, 5.74) is 2.15. The van der Waals surface area contributed by atoms with Gasteiger partial charge in [0.1, 0.15) is 6.04 Å². The summed E-state index contributed by atoms with van der Waals surface area (Å²) in [4.78, 5) is 55.5. The molecule has 3 aromatic rings. The average molecular weight is 581 g/mol. The standard InChI is InChI=1S/C31H31Cl2N3O4/c1-20(2)34-29(38)27(18-21-10-4-3-5-11-21)36(19-24-25(32)14-8-15-26(24)33)28(37)16-9-17-35-30(39)22-12-6-7-13-23(22)31(35)40/h3-8,10-15,20,27H,9,16-19H2,1-2H3,(H,34,38)/t27-/m1/s1. The van der Waals surface area contributed by atoms with Crippen molar-refractivity contribution in [2.75, 3.05) is 6.54 Å². The number of hydrogen-bond donors (Lipinski definition) is 1. The molecule has 0 saturated heterocycles. The van der Waals surface area contributed by atoms with Crippen LogP contribution < -0.4 is 5.32 Å². The van der Waals surface area contributed by atoms with Crippen molar-refractivity contribution in [3.05, 3.63) is 105 Å². The summed E-state index contributed by atoms with van der Waals surface area (Å²) in [5, 5.41) is 3.72. The molecular weight excluding hydrogens is 549 g/mol. The van der Waals surface area contributed by atoms with Gasteiger partial charge in [0.05, 0.1) is 11.1 Å². The van der Waals surface area contributed by atoms with Crippen LogP contribution >= 0.6 is 23.2 Å². The minimum atomic E-state index is -0.844. The van der Waals surface area contributed by atoms with Gasteiger partial charge < -0.3 is 10.2 Å². The fraction of sp³-hybridized carbons (Fsp3) is 0.290. The summed E-state index contributed by atoms with van der Waals surface area (Å²) in [5.74, 6) is -1.35. The molecule has 0 aromatic heterocycles. The number of imide groups is 1. The Bertz CT molecular complexity index is 1360. The molecular formula is C31H31Cl2N3O4. The molecule has 0 bridgehead atoms. The number of amides is 4. The number of nitrogens with zero attached hydrogens (tertiary/aromatic N) is 2. The highest BCUT2D eigenvalue weighted by molar-refractivity contribution is 6.36. The Morgan fingerprint density at radius 2 is 1.43 bits per heavy atom. The molecule has 0 radical (unpaired) electrons. The molecule has 3 aromatic carbocycles. The molecule has 9 heteroatoms. The second kappa shape index (κ2) is 13.1. The molecule has 4 rings (SSSR count). The number of carbonyl (C=O) groups excluding carboxylic acids is 4. The van der Waals surface area contributed by atoms with Crippen LogP contribution in [-0.4, -0.2) is 52.1 Å². The Labute approximate surface area is 244 Å². The Morgan fingerprint density at radius 3 is 2.00 bits per heavy atom. The second-order valence-electron chi connectivity index (χ2n) is 10.0. The fourth-order valence-electron chi connectivity index (χ4n) is 4.76. The van der Waals surface area contributed by atoms with Crippen molar-refractivity contribution in [2.24, 2.45) is 0 Å². The topological polar surface area (TPSA) is 86.8 Å². The van der Waals surface area contributed by atoms with E-state index in [2.05, 4.69) is 5.32 Å². The van der Waals surface area contributed by atoms with Crippen molar-refractivity contribution < 1.29 is 19.2 Å². The fourth-order valence-corrected chi connectivity index (χ4v) is 5.28. The molecule has 1 heterocycles. The van der Waals surface area contributed by atoms with E-state index in [-0.39, 0.29) is 62.0 Å². The largest absolute Gasteiger partial charge is 0.352 e. The van der Waals surface area contributed by atoms with Crippen LogP contribution in [-0.2, 0) is 22.6 Å². The predicted molar refractivity (Wildman–Crippen MR) is 155 cm³/mol. The Morgan fingerprint density at radius 1 is 0.850 bits per heavy atom. The van der Waals surface area contributed by atoms with Gasteiger partial charge in [0.15, 0.2) is 0 Å². The summed E-state index contributed by atoms with van der Waals surface area (Å²) in [6, 6.07) is 20.2. The molecule has 4 amide bonds. The molecule has 1 atom stereocenters. The number of fused-ring (bicyclic) bond motifs is 1. The van der Waals surface area contributed by atoms with Crippen molar-refractivity contribution in [2.45, 2.75) is 51.7 Å². The first kappa shape index (κ1) is 29.3. The van der Waals surface area contributed by atoms with Gasteiger partial charge in [-0.2, -0.15) is 0 Å². The SMILES string of the molecule is CC(C)NC(=O)[C@@H](Cc1ccccc1)N(Cc1c(Cl)cccc1Cl)C(=O)CCCN1C(=O)c2ccccc2C1=O. The van der Waals surface area contributed by atoms with Crippen molar-refractivity contribution in [1.82, 2.24) is 15.1 Å². The minimum absolute atomic E-state index is 0.00965. The number of halogens is 2. The maximum absolute atomic E-state index is 13.8. The zero-order chi connectivity index (χ0) is 28.8. The van der Waals surface area contributed by atoms with Crippen LogP contribution in [0.2, 0.25) is 10.0 Å². The summed E-state index contributed by atoms with van der Waals surface area (Å²) in [7, 11) is 0. The van der Waals surface area contributed by atoms with Gasteiger partial charge in [0.2, 0.25) is 11.8 Å². The molecule has 0 saturated carbocycles. The van der Waals surface area contributed by atoms with E-state index < -0.39 is 6.04 Å². The zero-order valence-electron chi connectivity index (χ0n) is 22.4. The van der Waals surface area contributed by atoms with Crippen molar-refractivity contribution in [3.8, 4) is 0 Å². The highest BCUT2D eigenvalue weighted by atomic mass is 35.5. The third kappa shape index (κ3) is 6.72. The summed E-state index contributed by atoms with van der Waals surface area (Å²) >= 11 is 12.9. The van der Waals surface area contributed by atoms with E-state index >= 15 is 0 Å². The van der Waals surface area contributed by atoms with Crippen LogP contribution in [0.1, 0.15) is 58.5 Å². The highest BCUT2D eigenvalue weighted by Crippen LogP contribution is 2.28. The average Bonchev–Trinajstić information content (AvgIpc) is 3.17. The first-order valence-corrected chi connectivity index (χ1v) is 13.9. The molecule has 7 nitrogen and oxygen atoms in total. The minimum Gasteiger partial charge on any atom is -0.352 e. The lowest BCUT2D eigenvalue weighted by molar-refractivity contribution is -0.141. The lowest BCUT2D eigenvalue weighted by atomic mass is 10.0. The van der Waals surface area contributed by atoms with E-state index in [0.29, 0.717) is 26.7 Å². The van der Waals surface area contributed by atoms with Crippen LogP contribution in [0.4, 0.5) is 0 Å². The number of carbonyl (C=O) groups is 4. The normalized spacial score (nSPS) is 13.4.